The smallest absolute Gasteiger partial charge is 0.0748 e. The third-order valence-electron chi connectivity index (χ3n) is 1.72. The van der Waals surface area contributed by atoms with Gasteiger partial charge in [-0.2, -0.15) is 0 Å². The van der Waals surface area contributed by atoms with Crippen LogP contribution in [-0.2, 0) is 0 Å². The lowest BCUT2D eigenvalue weighted by Crippen LogP contribution is -2.03. The molecule has 0 aliphatic heterocycles. The Morgan fingerprint density at radius 3 is 2.10 bits per heavy atom. The zero-order valence-electron chi connectivity index (χ0n) is 7.48. The standard InChI is InChI=1S/C9H19Si/c1-4-7-8-9-10(5-2)6-3/h8-9H,4-7H2,1-3H3/b9-8+. The Kier molecular flexibility index (Phi) is 7.04. The predicted octanol–water partition coefficient (Wildman–Crippen LogP) is 3.42. The average molecular weight is 155 g/mol. The topological polar surface area (TPSA) is 0 Å². The van der Waals surface area contributed by atoms with Gasteiger partial charge in [-0.1, -0.05) is 45.4 Å². The first-order chi connectivity index (χ1) is 4.85. The Balaban J connectivity index is 3.40. The fourth-order valence-corrected chi connectivity index (χ4v) is 2.37. The summed E-state index contributed by atoms with van der Waals surface area (Å²) in [4.78, 5) is 0. The summed E-state index contributed by atoms with van der Waals surface area (Å²) in [6.45, 7) is 6.83. The number of allylic oxidation sites excluding steroid dienone is 1. The van der Waals surface area contributed by atoms with E-state index in [0.29, 0.717) is 0 Å². The molecule has 0 fully saturated rings. The molecule has 0 rings (SSSR count). The van der Waals surface area contributed by atoms with Crippen molar-refractivity contribution in [3.05, 3.63) is 11.8 Å². The molecule has 0 heterocycles. The third-order valence-corrected chi connectivity index (χ3v) is 4.24. The summed E-state index contributed by atoms with van der Waals surface area (Å²) in [5.74, 6) is 0. The summed E-state index contributed by atoms with van der Waals surface area (Å²) in [5, 5.41) is 0. The van der Waals surface area contributed by atoms with Gasteiger partial charge in [-0.25, -0.2) is 0 Å². The van der Waals surface area contributed by atoms with E-state index in [1.54, 1.807) is 0 Å². The van der Waals surface area contributed by atoms with E-state index in [2.05, 4.69) is 32.5 Å². The van der Waals surface area contributed by atoms with Gasteiger partial charge in [0.15, 0.2) is 0 Å². The molecule has 1 heteroatoms. The van der Waals surface area contributed by atoms with Gasteiger partial charge in [-0.05, 0) is 6.42 Å². The van der Waals surface area contributed by atoms with Gasteiger partial charge in [-0.3, -0.25) is 0 Å². The fraction of sp³-hybridized carbons (Fsp3) is 0.778. The summed E-state index contributed by atoms with van der Waals surface area (Å²) >= 11 is 0. The Hall–Kier alpha value is -0.0431. The van der Waals surface area contributed by atoms with Crippen LogP contribution in [0.1, 0.15) is 33.6 Å². The molecule has 0 amide bonds. The molecular weight excluding hydrogens is 136 g/mol. The minimum absolute atomic E-state index is 0.0763. The molecule has 10 heavy (non-hydrogen) atoms. The Morgan fingerprint density at radius 1 is 1.10 bits per heavy atom. The SMILES string of the molecule is CCC/C=C/[Si](CC)CC. The minimum atomic E-state index is -0.0763. The molecule has 0 saturated carbocycles. The van der Waals surface area contributed by atoms with Crippen LogP contribution >= 0.6 is 0 Å². The van der Waals surface area contributed by atoms with Gasteiger partial charge in [0.25, 0.3) is 0 Å². The Bertz CT molecular complexity index is 82.7. The predicted molar refractivity (Wildman–Crippen MR) is 50.8 cm³/mol. The summed E-state index contributed by atoms with van der Waals surface area (Å²) < 4.78 is 0. The van der Waals surface area contributed by atoms with Crippen molar-refractivity contribution < 1.29 is 0 Å². The number of rotatable bonds is 5. The number of hydrogen-bond donors (Lipinski definition) is 0. The lowest BCUT2D eigenvalue weighted by molar-refractivity contribution is 0.959. The lowest BCUT2D eigenvalue weighted by atomic mass is 10.3. The van der Waals surface area contributed by atoms with Crippen molar-refractivity contribution in [2.75, 3.05) is 0 Å². The molecule has 0 spiro atoms. The second kappa shape index (κ2) is 7.07. The van der Waals surface area contributed by atoms with Crippen molar-refractivity contribution in [3.63, 3.8) is 0 Å². The van der Waals surface area contributed by atoms with Gasteiger partial charge in [-0.15, -0.1) is 5.70 Å². The van der Waals surface area contributed by atoms with Crippen molar-refractivity contribution in [1.29, 1.82) is 0 Å². The van der Waals surface area contributed by atoms with Crippen LogP contribution in [0.3, 0.4) is 0 Å². The molecule has 0 aliphatic carbocycles. The molecule has 0 nitrogen and oxygen atoms in total. The molecule has 0 saturated heterocycles. The van der Waals surface area contributed by atoms with Crippen LogP contribution in [0.25, 0.3) is 0 Å². The molecule has 0 atom stereocenters. The first-order valence-electron chi connectivity index (χ1n) is 4.36. The highest BCUT2D eigenvalue weighted by atomic mass is 28.3. The normalized spacial score (nSPS) is 11.6. The molecule has 0 unspecified atom stereocenters. The van der Waals surface area contributed by atoms with E-state index in [4.69, 9.17) is 0 Å². The highest BCUT2D eigenvalue weighted by Gasteiger charge is 1.97. The zero-order chi connectivity index (χ0) is 7.82. The molecule has 59 valence electrons. The van der Waals surface area contributed by atoms with Crippen molar-refractivity contribution in [2.45, 2.75) is 45.7 Å². The summed E-state index contributed by atoms with van der Waals surface area (Å²) in [7, 11) is -0.0763. The van der Waals surface area contributed by atoms with Crippen LogP contribution in [0, 0.1) is 0 Å². The maximum atomic E-state index is 2.47. The van der Waals surface area contributed by atoms with Crippen LogP contribution in [0.4, 0.5) is 0 Å². The van der Waals surface area contributed by atoms with Crippen molar-refractivity contribution in [2.24, 2.45) is 0 Å². The summed E-state index contributed by atoms with van der Waals surface area (Å²) in [6.07, 6.45) is 4.93. The van der Waals surface area contributed by atoms with Gasteiger partial charge in [0.1, 0.15) is 0 Å². The maximum absolute atomic E-state index is 2.47. The molecular formula is C9H19Si. The van der Waals surface area contributed by atoms with E-state index in [1.165, 1.54) is 24.9 Å². The second-order valence-electron chi connectivity index (χ2n) is 2.56. The number of hydrogen-bond acceptors (Lipinski definition) is 0. The van der Waals surface area contributed by atoms with Crippen LogP contribution in [-0.4, -0.2) is 8.80 Å². The molecule has 0 bridgehead atoms. The lowest BCUT2D eigenvalue weighted by Gasteiger charge is -2.00. The summed E-state index contributed by atoms with van der Waals surface area (Å²) in [5.41, 5.74) is 2.47. The van der Waals surface area contributed by atoms with E-state index in [-0.39, 0.29) is 8.80 Å². The second-order valence-corrected chi connectivity index (χ2v) is 5.62. The molecule has 0 aliphatic rings. The van der Waals surface area contributed by atoms with Crippen molar-refractivity contribution in [3.8, 4) is 0 Å². The highest BCUT2D eigenvalue weighted by Crippen LogP contribution is 2.00. The monoisotopic (exact) mass is 155 g/mol. The maximum Gasteiger partial charge on any atom is 0.0748 e. The molecule has 0 aromatic rings. The largest absolute Gasteiger partial charge is 0.100 e. The Labute approximate surface area is 66.9 Å². The van der Waals surface area contributed by atoms with Gasteiger partial charge in [0, 0.05) is 0 Å². The van der Waals surface area contributed by atoms with Crippen LogP contribution < -0.4 is 0 Å². The molecule has 0 N–H and O–H groups in total. The van der Waals surface area contributed by atoms with Crippen LogP contribution in [0.5, 0.6) is 0 Å². The fourth-order valence-electron chi connectivity index (χ4n) is 0.902. The minimum Gasteiger partial charge on any atom is -0.100 e. The van der Waals surface area contributed by atoms with Gasteiger partial charge >= 0.3 is 0 Å². The average Bonchev–Trinajstić information content (AvgIpc) is 1.99. The van der Waals surface area contributed by atoms with E-state index >= 15 is 0 Å². The van der Waals surface area contributed by atoms with Gasteiger partial charge in [0.2, 0.25) is 0 Å². The van der Waals surface area contributed by atoms with Crippen molar-refractivity contribution >= 4 is 8.80 Å². The highest BCUT2D eigenvalue weighted by molar-refractivity contribution is 6.64. The van der Waals surface area contributed by atoms with Crippen LogP contribution in [0.2, 0.25) is 12.1 Å². The molecule has 0 aromatic heterocycles. The van der Waals surface area contributed by atoms with E-state index in [1.807, 2.05) is 0 Å². The first kappa shape index (κ1) is 9.96. The third kappa shape index (κ3) is 4.80. The molecule has 0 aromatic carbocycles. The van der Waals surface area contributed by atoms with Crippen LogP contribution in [0.15, 0.2) is 11.8 Å². The van der Waals surface area contributed by atoms with Crippen molar-refractivity contribution in [1.82, 2.24) is 0 Å². The van der Waals surface area contributed by atoms with E-state index < -0.39 is 0 Å². The van der Waals surface area contributed by atoms with Gasteiger partial charge < -0.3 is 0 Å². The van der Waals surface area contributed by atoms with Gasteiger partial charge in [0.05, 0.1) is 8.80 Å². The van der Waals surface area contributed by atoms with E-state index in [0.717, 1.165) is 0 Å². The number of unbranched alkanes of at least 4 members (excludes halogenated alkanes) is 1. The Morgan fingerprint density at radius 2 is 1.70 bits per heavy atom. The van der Waals surface area contributed by atoms with E-state index in [9.17, 15) is 0 Å². The molecule has 1 radical (unpaired) electrons. The zero-order valence-corrected chi connectivity index (χ0v) is 8.48. The first-order valence-corrected chi connectivity index (χ1v) is 6.35. The quantitative estimate of drug-likeness (QED) is 0.534. The summed E-state index contributed by atoms with van der Waals surface area (Å²) in [6, 6.07) is 2.78.